The largest absolute Gasteiger partial charge is 0.479 e. The summed E-state index contributed by atoms with van der Waals surface area (Å²) in [7, 11) is -4.24. The Labute approximate surface area is 80.1 Å². The molecular formula is C8H9O5P. The van der Waals surface area contributed by atoms with Crippen LogP contribution < -0.4 is 5.30 Å². The van der Waals surface area contributed by atoms with E-state index in [0.29, 0.717) is 0 Å². The molecule has 0 radical (unpaired) electrons. The molecular weight excluding hydrogens is 207 g/mol. The van der Waals surface area contributed by atoms with Crippen LogP contribution in [0.25, 0.3) is 0 Å². The van der Waals surface area contributed by atoms with E-state index in [-0.39, 0.29) is 5.30 Å². The molecule has 3 N–H and O–H groups in total. The van der Waals surface area contributed by atoms with Crippen molar-refractivity contribution in [2.24, 2.45) is 0 Å². The quantitative estimate of drug-likeness (QED) is 0.617. The molecule has 0 saturated carbocycles. The normalized spacial score (nSPS) is 17.0. The molecule has 2 unspecified atom stereocenters. The van der Waals surface area contributed by atoms with Gasteiger partial charge in [0.25, 0.3) is 7.37 Å². The van der Waals surface area contributed by atoms with Gasteiger partial charge in [0.2, 0.25) is 5.85 Å². The van der Waals surface area contributed by atoms with Crippen molar-refractivity contribution in [1.29, 1.82) is 0 Å². The molecule has 0 aliphatic heterocycles. The second kappa shape index (κ2) is 3.92. The van der Waals surface area contributed by atoms with E-state index in [4.69, 9.17) is 10.2 Å². The zero-order valence-corrected chi connectivity index (χ0v) is 7.96. The minimum Gasteiger partial charge on any atom is -0.479 e. The van der Waals surface area contributed by atoms with Gasteiger partial charge in [0, 0.05) is 5.30 Å². The van der Waals surface area contributed by atoms with Gasteiger partial charge in [-0.1, -0.05) is 18.2 Å². The highest BCUT2D eigenvalue weighted by atomic mass is 31.2. The first-order chi connectivity index (χ1) is 6.46. The molecule has 76 valence electrons. The predicted octanol–water partition coefficient (Wildman–Crippen LogP) is -0.0147. The Bertz CT molecular complexity index is 375. The average Bonchev–Trinajstić information content (AvgIpc) is 2.18. The standard InChI is InChI=1S/C8H9O5P/c9-7(10)8(11)14(12,13)6-4-2-1-3-5-6/h1-5,8,11H,(H,9,10)(H,12,13). The molecule has 0 saturated heterocycles. The highest BCUT2D eigenvalue weighted by Crippen LogP contribution is 2.43. The minimum atomic E-state index is -4.24. The van der Waals surface area contributed by atoms with Crippen LogP contribution in [0.2, 0.25) is 0 Å². The summed E-state index contributed by atoms with van der Waals surface area (Å²) >= 11 is 0. The van der Waals surface area contributed by atoms with Crippen molar-refractivity contribution in [2.45, 2.75) is 5.85 Å². The molecule has 0 amide bonds. The van der Waals surface area contributed by atoms with E-state index >= 15 is 0 Å². The second-order valence-electron chi connectivity index (χ2n) is 2.67. The molecule has 1 aromatic rings. The monoisotopic (exact) mass is 216 g/mol. The van der Waals surface area contributed by atoms with E-state index < -0.39 is 19.2 Å². The van der Waals surface area contributed by atoms with Gasteiger partial charge in [-0.2, -0.15) is 0 Å². The highest BCUT2D eigenvalue weighted by Gasteiger charge is 2.36. The topological polar surface area (TPSA) is 94.8 Å². The molecule has 0 heterocycles. The van der Waals surface area contributed by atoms with Crippen molar-refractivity contribution in [3.8, 4) is 0 Å². The maximum atomic E-state index is 11.5. The molecule has 5 nitrogen and oxygen atoms in total. The third-order valence-corrected chi connectivity index (χ3v) is 3.60. The van der Waals surface area contributed by atoms with Gasteiger partial charge in [0.15, 0.2) is 0 Å². The Balaban J connectivity index is 3.09. The van der Waals surface area contributed by atoms with Crippen LogP contribution in [0.4, 0.5) is 0 Å². The number of rotatable bonds is 3. The van der Waals surface area contributed by atoms with Crippen molar-refractivity contribution in [1.82, 2.24) is 0 Å². The lowest BCUT2D eigenvalue weighted by Crippen LogP contribution is -2.25. The number of aliphatic hydroxyl groups excluding tert-OH is 1. The van der Waals surface area contributed by atoms with Crippen molar-refractivity contribution >= 4 is 18.6 Å². The SMILES string of the molecule is O=C(O)C(O)P(=O)(O)c1ccccc1. The zero-order valence-electron chi connectivity index (χ0n) is 7.07. The average molecular weight is 216 g/mol. The van der Waals surface area contributed by atoms with Crippen LogP contribution >= 0.6 is 7.37 Å². The van der Waals surface area contributed by atoms with Gasteiger partial charge in [0.05, 0.1) is 0 Å². The summed E-state index contributed by atoms with van der Waals surface area (Å²) in [5.74, 6) is -3.98. The number of hydrogen-bond donors (Lipinski definition) is 3. The van der Waals surface area contributed by atoms with Gasteiger partial charge in [-0.3, -0.25) is 4.57 Å². The van der Waals surface area contributed by atoms with Crippen LogP contribution in [0.1, 0.15) is 0 Å². The summed E-state index contributed by atoms with van der Waals surface area (Å²) in [5.41, 5.74) is 0. The zero-order chi connectivity index (χ0) is 10.8. The van der Waals surface area contributed by atoms with E-state index in [9.17, 15) is 14.3 Å². The summed E-state index contributed by atoms with van der Waals surface area (Å²) in [6, 6.07) is 7.20. The highest BCUT2D eigenvalue weighted by molar-refractivity contribution is 7.67. The van der Waals surface area contributed by atoms with Gasteiger partial charge in [-0.05, 0) is 12.1 Å². The lowest BCUT2D eigenvalue weighted by molar-refractivity contribution is -0.142. The van der Waals surface area contributed by atoms with Crippen molar-refractivity contribution < 1.29 is 24.5 Å². The van der Waals surface area contributed by atoms with Gasteiger partial charge >= 0.3 is 5.97 Å². The van der Waals surface area contributed by atoms with Crippen molar-refractivity contribution in [2.75, 3.05) is 0 Å². The lowest BCUT2D eigenvalue weighted by atomic mass is 10.4. The van der Waals surface area contributed by atoms with Gasteiger partial charge in [-0.15, -0.1) is 0 Å². The van der Waals surface area contributed by atoms with Gasteiger partial charge < -0.3 is 15.1 Å². The smallest absolute Gasteiger partial charge is 0.343 e. The van der Waals surface area contributed by atoms with Crippen LogP contribution in [0.3, 0.4) is 0 Å². The maximum absolute atomic E-state index is 11.5. The summed E-state index contributed by atoms with van der Waals surface area (Å²) in [6.07, 6.45) is 0. The number of carbonyl (C=O) groups is 1. The Kier molecular flexibility index (Phi) is 3.06. The number of aliphatic hydroxyl groups is 1. The summed E-state index contributed by atoms with van der Waals surface area (Å²) in [6.45, 7) is 0. The first-order valence-corrected chi connectivity index (χ1v) is 5.48. The van der Waals surface area contributed by atoms with E-state index in [2.05, 4.69) is 0 Å². The Hall–Kier alpha value is -1.16. The molecule has 0 aliphatic rings. The fourth-order valence-corrected chi connectivity index (χ4v) is 2.11. The van der Waals surface area contributed by atoms with Crippen LogP contribution in [0.5, 0.6) is 0 Å². The van der Waals surface area contributed by atoms with Crippen LogP contribution in [-0.2, 0) is 9.36 Å². The number of benzene rings is 1. The number of carboxylic acids is 1. The molecule has 14 heavy (non-hydrogen) atoms. The predicted molar refractivity (Wildman–Crippen MR) is 49.5 cm³/mol. The third-order valence-electron chi connectivity index (χ3n) is 1.68. The number of hydrogen-bond acceptors (Lipinski definition) is 3. The van der Waals surface area contributed by atoms with Crippen LogP contribution in [0.15, 0.2) is 30.3 Å². The first-order valence-electron chi connectivity index (χ1n) is 3.75. The first kappa shape index (κ1) is 10.9. The fourth-order valence-electron chi connectivity index (χ4n) is 0.932. The molecule has 1 aromatic carbocycles. The molecule has 0 bridgehead atoms. The second-order valence-corrected chi connectivity index (χ2v) is 4.92. The number of carboxylic acid groups (broad SMARTS) is 1. The minimum absolute atomic E-state index is 0.0742. The maximum Gasteiger partial charge on any atom is 0.343 e. The Morgan fingerprint density at radius 3 is 2.21 bits per heavy atom. The fraction of sp³-hybridized carbons (Fsp3) is 0.125. The summed E-state index contributed by atoms with van der Waals surface area (Å²) in [4.78, 5) is 19.7. The molecule has 1 rings (SSSR count). The lowest BCUT2D eigenvalue weighted by Gasteiger charge is -2.14. The van der Waals surface area contributed by atoms with E-state index in [1.54, 1.807) is 6.07 Å². The van der Waals surface area contributed by atoms with Crippen LogP contribution in [0, 0.1) is 0 Å². The molecule has 0 aliphatic carbocycles. The van der Waals surface area contributed by atoms with Crippen molar-refractivity contribution in [3.63, 3.8) is 0 Å². The molecule has 2 atom stereocenters. The van der Waals surface area contributed by atoms with Crippen LogP contribution in [-0.4, -0.2) is 26.9 Å². The van der Waals surface area contributed by atoms with E-state index in [1.807, 2.05) is 0 Å². The van der Waals surface area contributed by atoms with Crippen molar-refractivity contribution in [3.05, 3.63) is 30.3 Å². The van der Waals surface area contributed by atoms with Gasteiger partial charge in [0.1, 0.15) is 0 Å². The van der Waals surface area contributed by atoms with Gasteiger partial charge in [-0.25, -0.2) is 4.79 Å². The summed E-state index contributed by atoms with van der Waals surface area (Å²) < 4.78 is 11.5. The summed E-state index contributed by atoms with van der Waals surface area (Å²) in [5, 5.41) is 17.3. The molecule has 0 fully saturated rings. The molecule has 0 spiro atoms. The molecule has 6 heteroatoms. The Morgan fingerprint density at radius 1 is 1.29 bits per heavy atom. The number of aliphatic carboxylic acids is 1. The third kappa shape index (κ3) is 2.01. The van der Waals surface area contributed by atoms with E-state index in [0.717, 1.165) is 0 Å². The molecule has 0 aromatic heterocycles. The van der Waals surface area contributed by atoms with E-state index in [1.165, 1.54) is 24.3 Å². The Morgan fingerprint density at radius 2 is 1.79 bits per heavy atom.